The van der Waals surface area contributed by atoms with Crippen LogP contribution in [0.5, 0.6) is 0 Å². The van der Waals surface area contributed by atoms with Gasteiger partial charge in [0.1, 0.15) is 6.10 Å². The number of hydrogen-bond donors (Lipinski definition) is 0. The zero-order chi connectivity index (χ0) is 14.1. The van der Waals surface area contributed by atoms with Crippen molar-refractivity contribution in [1.29, 1.82) is 0 Å². The van der Waals surface area contributed by atoms with Crippen LogP contribution < -0.4 is 0 Å². The number of rotatable bonds is 6. The van der Waals surface area contributed by atoms with Gasteiger partial charge in [0.15, 0.2) is 0 Å². The molecular formula is C15H18O4. The quantitative estimate of drug-likeness (QED) is 0.583. The van der Waals surface area contributed by atoms with Gasteiger partial charge in [-0.3, -0.25) is 4.79 Å². The Kier molecular flexibility index (Phi) is 6.36. The van der Waals surface area contributed by atoms with E-state index in [-0.39, 0.29) is 5.97 Å². The molecule has 0 aliphatic heterocycles. The van der Waals surface area contributed by atoms with Crippen molar-refractivity contribution in [1.82, 2.24) is 0 Å². The zero-order valence-corrected chi connectivity index (χ0v) is 11.2. The fourth-order valence-electron chi connectivity index (χ4n) is 1.58. The molecule has 0 saturated carbocycles. The third-order valence-corrected chi connectivity index (χ3v) is 2.33. The van der Waals surface area contributed by atoms with E-state index in [1.807, 2.05) is 30.3 Å². The van der Waals surface area contributed by atoms with E-state index in [1.54, 1.807) is 13.0 Å². The molecule has 0 saturated heterocycles. The van der Waals surface area contributed by atoms with E-state index in [2.05, 4.69) is 0 Å². The molecule has 0 aliphatic carbocycles. The molecule has 1 aromatic rings. The van der Waals surface area contributed by atoms with Gasteiger partial charge in [0, 0.05) is 19.4 Å². The molecule has 0 N–H and O–H groups in total. The molecule has 0 radical (unpaired) electrons. The molecule has 1 rings (SSSR count). The van der Waals surface area contributed by atoms with Crippen molar-refractivity contribution >= 4 is 11.9 Å². The largest absolute Gasteiger partial charge is 0.463 e. The minimum absolute atomic E-state index is 0.320. The van der Waals surface area contributed by atoms with Gasteiger partial charge in [-0.15, -0.1) is 0 Å². The van der Waals surface area contributed by atoms with Gasteiger partial charge in [-0.1, -0.05) is 30.3 Å². The van der Waals surface area contributed by atoms with Gasteiger partial charge in [0.25, 0.3) is 0 Å². The molecule has 0 amide bonds. The first-order valence-corrected chi connectivity index (χ1v) is 6.18. The summed E-state index contributed by atoms with van der Waals surface area (Å²) in [6.07, 6.45) is 2.90. The van der Waals surface area contributed by atoms with Gasteiger partial charge >= 0.3 is 11.9 Å². The van der Waals surface area contributed by atoms with Crippen molar-refractivity contribution in [3.8, 4) is 0 Å². The Morgan fingerprint density at radius 2 is 1.95 bits per heavy atom. The normalized spacial score (nSPS) is 12.1. The highest BCUT2D eigenvalue weighted by Crippen LogP contribution is 2.08. The second kappa shape index (κ2) is 8.08. The van der Waals surface area contributed by atoms with Crippen molar-refractivity contribution < 1.29 is 19.1 Å². The van der Waals surface area contributed by atoms with Gasteiger partial charge in [-0.2, -0.15) is 0 Å². The Morgan fingerprint density at radius 1 is 1.26 bits per heavy atom. The lowest BCUT2D eigenvalue weighted by Gasteiger charge is -2.13. The predicted molar refractivity (Wildman–Crippen MR) is 71.5 cm³/mol. The highest BCUT2D eigenvalue weighted by Gasteiger charge is 2.10. The summed E-state index contributed by atoms with van der Waals surface area (Å²) < 4.78 is 9.93. The number of esters is 2. The topological polar surface area (TPSA) is 52.6 Å². The van der Waals surface area contributed by atoms with E-state index in [1.165, 1.54) is 13.0 Å². The minimum atomic E-state index is -0.468. The first kappa shape index (κ1) is 15.0. The van der Waals surface area contributed by atoms with Crippen LogP contribution in [0.15, 0.2) is 42.5 Å². The van der Waals surface area contributed by atoms with Gasteiger partial charge in [0.05, 0.1) is 6.61 Å². The molecule has 0 heterocycles. The van der Waals surface area contributed by atoms with E-state index in [0.717, 1.165) is 5.56 Å². The van der Waals surface area contributed by atoms with E-state index in [4.69, 9.17) is 9.47 Å². The van der Waals surface area contributed by atoms with Gasteiger partial charge in [0.2, 0.25) is 0 Å². The Bertz CT molecular complexity index is 437. The van der Waals surface area contributed by atoms with E-state index in [9.17, 15) is 9.59 Å². The lowest BCUT2D eigenvalue weighted by Crippen LogP contribution is -2.17. The molecule has 1 aromatic carbocycles. The Labute approximate surface area is 113 Å². The second-order valence-electron chi connectivity index (χ2n) is 3.95. The number of hydrogen-bond acceptors (Lipinski definition) is 4. The maximum atomic E-state index is 11.2. The zero-order valence-electron chi connectivity index (χ0n) is 11.2. The third kappa shape index (κ3) is 6.41. The maximum Gasteiger partial charge on any atom is 0.330 e. The molecule has 0 bridgehead atoms. The Balaban J connectivity index is 2.66. The van der Waals surface area contributed by atoms with E-state index in [0.29, 0.717) is 13.0 Å². The molecule has 0 fully saturated rings. The molecular weight excluding hydrogens is 244 g/mol. The van der Waals surface area contributed by atoms with Crippen molar-refractivity contribution in [2.75, 3.05) is 6.61 Å². The van der Waals surface area contributed by atoms with Crippen LogP contribution in [0.2, 0.25) is 0 Å². The molecule has 102 valence electrons. The van der Waals surface area contributed by atoms with Crippen LogP contribution in [0.4, 0.5) is 0 Å². The maximum absolute atomic E-state index is 11.2. The standard InChI is InChI=1S/C15H18O4/c1-3-18-15(17)10-9-14(19-12(2)16)11-13-7-5-4-6-8-13/h4-10,14H,3,11H2,1-2H3/b10-9+. The van der Waals surface area contributed by atoms with Crippen molar-refractivity contribution in [2.45, 2.75) is 26.4 Å². The van der Waals surface area contributed by atoms with Crippen LogP contribution >= 0.6 is 0 Å². The molecule has 4 nitrogen and oxygen atoms in total. The van der Waals surface area contributed by atoms with Crippen molar-refractivity contribution in [2.24, 2.45) is 0 Å². The smallest absolute Gasteiger partial charge is 0.330 e. The molecule has 0 aromatic heterocycles. The first-order chi connectivity index (χ1) is 9.11. The third-order valence-electron chi connectivity index (χ3n) is 2.33. The Hall–Kier alpha value is -2.10. The van der Waals surface area contributed by atoms with Crippen LogP contribution in [-0.2, 0) is 25.5 Å². The van der Waals surface area contributed by atoms with Crippen LogP contribution in [0.1, 0.15) is 19.4 Å². The molecule has 1 atom stereocenters. The molecule has 0 spiro atoms. The summed E-state index contributed by atoms with van der Waals surface area (Å²) in [5, 5.41) is 0. The molecule has 0 aliphatic rings. The highest BCUT2D eigenvalue weighted by molar-refractivity contribution is 5.82. The summed E-state index contributed by atoms with van der Waals surface area (Å²) in [4.78, 5) is 22.3. The summed E-state index contributed by atoms with van der Waals surface area (Å²) in [7, 11) is 0. The summed E-state index contributed by atoms with van der Waals surface area (Å²) in [5.74, 6) is -0.817. The fraction of sp³-hybridized carbons (Fsp3) is 0.333. The highest BCUT2D eigenvalue weighted by atomic mass is 16.5. The van der Waals surface area contributed by atoms with Gasteiger partial charge in [-0.25, -0.2) is 4.79 Å². The number of carbonyl (C=O) groups is 2. The predicted octanol–water partition coefficient (Wildman–Crippen LogP) is 2.28. The first-order valence-electron chi connectivity index (χ1n) is 6.18. The van der Waals surface area contributed by atoms with Crippen LogP contribution in [-0.4, -0.2) is 24.6 Å². The summed E-state index contributed by atoms with van der Waals surface area (Å²) in [6.45, 7) is 3.40. The number of ether oxygens (including phenoxy) is 2. The lowest BCUT2D eigenvalue weighted by molar-refractivity contribution is -0.144. The summed E-state index contributed by atoms with van der Waals surface area (Å²) in [5.41, 5.74) is 1.03. The molecule has 1 unspecified atom stereocenters. The van der Waals surface area contributed by atoms with Crippen molar-refractivity contribution in [3.63, 3.8) is 0 Å². The minimum Gasteiger partial charge on any atom is -0.463 e. The average molecular weight is 262 g/mol. The molecule has 19 heavy (non-hydrogen) atoms. The SMILES string of the molecule is CCOC(=O)/C=C/C(Cc1ccccc1)OC(C)=O. The Morgan fingerprint density at radius 3 is 2.53 bits per heavy atom. The lowest BCUT2D eigenvalue weighted by atomic mass is 10.1. The molecule has 4 heteroatoms. The van der Waals surface area contributed by atoms with Crippen LogP contribution in [0.25, 0.3) is 0 Å². The number of carbonyl (C=O) groups excluding carboxylic acids is 2. The summed E-state index contributed by atoms with van der Waals surface area (Å²) >= 11 is 0. The van der Waals surface area contributed by atoms with Gasteiger partial charge < -0.3 is 9.47 Å². The van der Waals surface area contributed by atoms with Crippen LogP contribution in [0, 0.1) is 0 Å². The van der Waals surface area contributed by atoms with Crippen molar-refractivity contribution in [3.05, 3.63) is 48.0 Å². The average Bonchev–Trinajstić information content (AvgIpc) is 2.37. The van der Waals surface area contributed by atoms with Crippen LogP contribution in [0.3, 0.4) is 0 Å². The van der Waals surface area contributed by atoms with Gasteiger partial charge in [-0.05, 0) is 18.6 Å². The second-order valence-corrected chi connectivity index (χ2v) is 3.95. The monoisotopic (exact) mass is 262 g/mol. The van der Waals surface area contributed by atoms with E-state index < -0.39 is 12.1 Å². The number of benzene rings is 1. The van der Waals surface area contributed by atoms with E-state index >= 15 is 0 Å². The fourth-order valence-corrected chi connectivity index (χ4v) is 1.58. The summed E-state index contributed by atoms with van der Waals surface area (Å²) in [6, 6.07) is 9.62.